The highest BCUT2D eigenvalue weighted by molar-refractivity contribution is 5.89. The van der Waals surface area contributed by atoms with Gasteiger partial charge in [-0.1, -0.05) is 30.3 Å². The number of carbonyl (C=O) groups excluding carboxylic acids is 1. The van der Waals surface area contributed by atoms with Crippen LogP contribution in [-0.2, 0) is 4.74 Å². The molecule has 75 valence electrons. The van der Waals surface area contributed by atoms with Crippen LogP contribution in [0.5, 0.6) is 5.75 Å². The largest absolute Gasteiger partial charge is 0.513 e. The summed E-state index contributed by atoms with van der Waals surface area (Å²) in [4.78, 5) is 11.0. The van der Waals surface area contributed by atoms with Crippen molar-refractivity contribution in [3.8, 4) is 5.75 Å². The lowest BCUT2D eigenvalue weighted by Crippen LogP contribution is -2.07. The van der Waals surface area contributed by atoms with Gasteiger partial charge in [-0.25, -0.2) is 4.79 Å². The fourth-order valence-corrected chi connectivity index (χ4v) is 1.34. The summed E-state index contributed by atoms with van der Waals surface area (Å²) in [6, 6.07) is 14.0. The second kappa shape index (κ2) is 4.00. The van der Waals surface area contributed by atoms with E-state index in [9.17, 15) is 4.79 Å². The van der Waals surface area contributed by atoms with Crippen molar-refractivity contribution in [2.24, 2.45) is 0 Å². The van der Waals surface area contributed by atoms with Gasteiger partial charge in [0.15, 0.2) is 0 Å². The first-order chi connectivity index (χ1) is 7.31. The minimum absolute atomic E-state index is 0.483. The first-order valence-corrected chi connectivity index (χ1v) is 4.46. The molecule has 0 spiro atoms. The van der Waals surface area contributed by atoms with Crippen molar-refractivity contribution in [1.29, 1.82) is 0 Å². The quantitative estimate of drug-likeness (QED) is 0.525. The number of methoxy groups -OCH3 is 1. The maximum Gasteiger partial charge on any atom is 0.513 e. The minimum Gasteiger partial charge on any atom is -0.437 e. The Morgan fingerprint density at radius 3 is 2.87 bits per heavy atom. The molecule has 0 unspecified atom stereocenters. The van der Waals surface area contributed by atoms with Gasteiger partial charge in [0.1, 0.15) is 5.75 Å². The van der Waals surface area contributed by atoms with E-state index in [2.05, 4.69) is 10.8 Å². The average Bonchev–Trinajstić information content (AvgIpc) is 2.29. The average molecular weight is 201 g/mol. The molecule has 0 aliphatic rings. The third-order valence-corrected chi connectivity index (χ3v) is 2.03. The molecular weight excluding hydrogens is 192 g/mol. The Hall–Kier alpha value is -2.03. The van der Waals surface area contributed by atoms with Crippen LogP contribution < -0.4 is 4.74 Å². The second-order valence-corrected chi connectivity index (χ2v) is 2.94. The standard InChI is InChI=1S/C12H9O3/c1-14-12(13)15-11-8-4-6-9-5-2-3-7-10(9)11/h2-5,7-8H,1H3. The number of hydrogen-bond donors (Lipinski definition) is 0. The predicted molar refractivity (Wildman–Crippen MR) is 55.8 cm³/mol. The number of benzene rings is 2. The molecule has 0 heterocycles. The van der Waals surface area contributed by atoms with Crippen LogP contribution >= 0.6 is 0 Å². The van der Waals surface area contributed by atoms with Gasteiger partial charge in [-0.2, -0.15) is 0 Å². The molecule has 0 saturated heterocycles. The zero-order valence-corrected chi connectivity index (χ0v) is 8.19. The van der Waals surface area contributed by atoms with Crippen molar-refractivity contribution in [3.63, 3.8) is 0 Å². The lowest BCUT2D eigenvalue weighted by atomic mass is 10.1. The Labute approximate surface area is 87.2 Å². The third kappa shape index (κ3) is 1.91. The monoisotopic (exact) mass is 201 g/mol. The van der Waals surface area contributed by atoms with E-state index in [1.807, 2.05) is 24.3 Å². The highest BCUT2D eigenvalue weighted by Gasteiger charge is 2.06. The molecule has 0 saturated carbocycles. The summed E-state index contributed by atoms with van der Waals surface area (Å²) in [6.07, 6.45) is -0.716. The van der Waals surface area contributed by atoms with Gasteiger partial charge < -0.3 is 9.47 Å². The van der Waals surface area contributed by atoms with Crippen LogP contribution in [-0.4, -0.2) is 13.3 Å². The lowest BCUT2D eigenvalue weighted by Gasteiger charge is -2.05. The van der Waals surface area contributed by atoms with E-state index in [1.165, 1.54) is 7.11 Å². The maximum atomic E-state index is 11.0. The molecule has 0 aliphatic heterocycles. The normalized spacial score (nSPS) is 9.93. The summed E-state index contributed by atoms with van der Waals surface area (Å²) >= 11 is 0. The lowest BCUT2D eigenvalue weighted by molar-refractivity contribution is 0.122. The Bertz CT molecular complexity index is 486. The minimum atomic E-state index is -0.716. The van der Waals surface area contributed by atoms with E-state index in [-0.39, 0.29) is 0 Å². The van der Waals surface area contributed by atoms with Crippen LogP contribution in [0.2, 0.25) is 0 Å². The fraction of sp³-hybridized carbons (Fsp3) is 0.0833. The Balaban J connectivity index is 2.46. The SMILES string of the molecule is COC(=O)Oc1cc[c]c2ccccc12. The fourth-order valence-electron chi connectivity index (χ4n) is 1.34. The second-order valence-electron chi connectivity index (χ2n) is 2.94. The first-order valence-electron chi connectivity index (χ1n) is 4.46. The summed E-state index contributed by atoms with van der Waals surface area (Å²) < 4.78 is 9.43. The summed E-state index contributed by atoms with van der Waals surface area (Å²) in [5.74, 6) is 0.483. The smallest absolute Gasteiger partial charge is 0.437 e. The molecular formula is C12H9O3. The van der Waals surface area contributed by atoms with Gasteiger partial charge in [-0.3, -0.25) is 0 Å². The topological polar surface area (TPSA) is 35.5 Å². The first kappa shape index (κ1) is 9.52. The van der Waals surface area contributed by atoms with Gasteiger partial charge in [-0.15, -0.1) is 0 Å². The molecule has 3 heteroatoms. The Morgan fingerprint density at radius 1 is 1.27 bits per heavy atom. The zero-order chi connectivity index (χ0) is 10.7. The van der Waals surface area contributed by atoms with E-state index >= 15 is 0 Å². The van der Waals surface area contributed by atoms with Crippen molar-refractivity contribution in [2.75, 3.05) is 7.11 Å². The van der Waals surface area contributed by atoms with Crippen LogP contribution in [0.1, 0.15) is 0 Å². The summed E-state index contributed by atoms with van der Waals surface area (Å²) in [7, 11) is 1.28. The van der Waals surface area contributed by atoms with Gasteiger partial charge in [0.05, 0.1) is 7.11 Å². The van der Waals surface area contributed by atoms with Gasteiger partial charge in [-0.05, 0) is 17.5 Å². The zero-order valence-electron chi connectivity index (χ0n) is 8.19. The van der Waals surface area contributed by atoms with E-state index in [0.717, 1.165) is 10.8 Å². The highest BCUT2D eigenvalue weighted by Crippen LogP contribution is 2.24. The molecule has 0 fully saturated rings. The number of fused-ring (bicyclic) bond motifs is 1. The maximum absolute atomic E-state index is 11.0. The summed E-state index contributed by atoms with van der Waals surface area (Å²) in [5.41, 5.74) is 0. The molecule has 1 radical (unpaired) electrons. The van der Waals surface area contributed by atoms with Crippen molar-refractivity contribution >= 4 is 16.9 Å². The number of carbonyl (C=O) groups is 1. The molecule has 0 aromatic heterocycles. The van der Waals surface area contributed by atoms with Crippen LogP contribution in [0.25, 0.3) is 10.8 Å². The Morgan fingerprint density at radius 2 is 2.07 bits per heavy atom. The van der Waals surface area contributed by atoms with E-state index in [0.29, 0.717) is 5.75 Å². The third-order valence-electron chi connectivity index (χ3n) is 2.03. The van der Waals surface area contributed by atoms with Gasteiger partial charge in [0, 0.05) is 5.39 Å². The van der Waals surface area contributed by atoms with Crippen LogP contribution in [0.15, 0.2) is 36.4 Å². The molecule has 0 bridgehead atoms. The molecule has 2 aromatic rings. The van der Waals surface area contributed by atoms with Crippen molar-refractivity contribution in [1.82, 2.24) is 0 Å². The van der Waals surface area contributed by atoms with Crippen LogP contribution in [0.4, 0.5) is 4.79 Å². The molecule has 2 aromatic carbocycles. The molecule has 15 heavy (non-hydrogen) atoms. The van der Waals surface area contributed by atoms with Gasteiger partial charge in [0.25, 0.3) is 0 Å². The molecule has 0 amide bonds. The number of rotatable bonds is 1. The number of ether oxygens (including phenoxy) is 2. The highest BCUT2D eigenvalue weighted by atomic mass is 16.7. The van der Waals surface area contributed by atoms with Crippen molar-refractivity contribution < 1.29 is 14.3 Å². The van der Waals surface area contributed by atoms with E-state index in [1.54, 1.807) is 12.1 Å². The van der Waals surface area contributed by atoms with Crippen LogP contribution in [0.3, 0.4) is 0 Å². The summed E-state index contributed by atoms with van der Waals surface area (Å²) in [6.45, 7) is 0. The van der Waals surface area contributed by atoms with Gasteiger partial charge in [0.2, 0.25) is 0 Å². The van der Waals surface area contributed by atoms with E-state index in [4.69, 9.17) is 4.74 Å². The molecule has 2 rings (SSSR count). The Kier molecular flexibility index (Phi) is 2.54. The van der Waals surface area contributed by atoms with Crippen molar-refractivity contribution in [2.45, 2.75) is 0 Å². The van der Waals surface area contributed by atoms with Gasteiger partial charge >= 0.3 is 6.16 Å². The number of hydrogen-bond acceptors (Lipinski definition) is 3. The molecule has 0 atom stereocenters. The van der Waals surface area contributed by atoms with E-state index < -0.39 is 6.16 Å². The molecule has 0 aliphatic carbocycles. The van der Waals surface area contributed by atoms with Crippen molar-refractivity contribution in [3.05, 3.63) is 42.5 Å². The predicted octanol–water partition coefficient (Wildman–Crippen LogP) is 2.79. The molecule has 3 nitrogen and oxygen atoms in total. The van der Waals surface area contributed by atoms with Crippen LogP contribution in [0, 0.1) is 6.07 Å². The summed E-state index contributed by atoms with van der Waals surface area (Å²) in [5, 5.41) is 1.74. The molecule has 0 N–H and O–H groups in total.